The van der Waals surface area contributed by atoms with Gasteiger partial charge in [0.1, 0.15) is 0 Å². The number of H-pyrrole nitrogens is 1. The van der Waals surface area contributed by atoms with E-state index in [0.717, 1.165) is 25.0 Å². The lowest BCUT2D eigenvalue weighted by Gasteiger charge is -2.31. The second-order valence-electron chi connectivity index (χ2n) is 4.89. The number of nitrogens with zero attached hydrogens (tertiary/aromatic N) is 1. The smallest absolute Gasteiger partial charge is 0.0653 e. The lowest BCUT2D eigenvalue weighted by atomic mass is 9.83. The minimum Gasteiger partial charge on any atom is -0.327 e. The average molecular weight is 230 g/mol. The SMILES string of the molecule is Cc1ccc2[nH]ncc2c1C1CNCCC1N. The fourth-order valence-corrected chi connectivity index (χ4v) is 2.84. The van der Waals surface area contributed by atoms with Gasteiger partial charge in [0.25, 0.3) is 0 Å². The molecule has 1 aromatic heterocycles. The van der Waals surface area contributed by atoms with Gasteiger partial charge >= 0.3 is 0 Å². The Morgan fingerprint density at radius 1 is 1.41 bits per heavy atom. The average Bonchev–Trinajstić information content (AvgIpc) is 2.79. The second-order valence-corrected chi connectivity index (χ2v) is 4.89. The molecule has 0 saturated carbocycles. The Kier molecular flexibility index (Phi) is 2.61. The van der Waals surface area contributed by atoms with Crippen LogP contribution < -0.4 is 11.1 Å². The lowest BCUT2D eigenvalue weighted by Crippen LogP contribution is -2.43. The number of piperidine rings is 1. The van der Waals surface area contributed by atoms with Crippen LogP contribution in [0.5, 0.6) is 0 Å². The molecule has 17 heavy (non-hydrogen) atoms. The molecule has 1 saturated heterocycles. The number of fused-ring (bicyclic) bond motifs is 1. The molecule has 2 heterocycles. The number of aromatic amines is 1. The molecule has 1 aromatic carbocycles. The molecule has 2 atom stereocenters. The summed E-state index contributed by atoms with van der Waals surface area (Å²) in [5, 5.41) is 11.8. The van der Waals surface area contributed by atoms with Crippen LogP contribution in [0.2, 0.25) is 0 Å². The molecule has 2 unspecified atom stereocenters. The van der Waals surface area contributed by atoms with Crippen LogP contribution in [0.25, 0.3) is 10.9 Å². The van der Waals surface area contributed by atoms with Gasteiger partial charge in [0.15, 0.2) is 0 Å². The number of rotatable bonds is 1. The van der Waals surface area contributed by atoms with Crippen LogP contribution in [0.15, 0.2) is 18.3 Å². The summed E-state index contributed by atoms with van der Waals surface area (Å²) < 4.78 is 0. The fraction of sp³-hybridized carbons (Fsp3) is 0.462. The van der Waals surface area contributed by atoms with Crippen molar-refractivity contribution in [1.82, 2.24) is 15.5 Å². The van der Waals surface area contributed by atoms with Crippen LogP contribution in [-0.4, -0.2) is 29.3 Å². The summed E-state index contributed by atoms with van der Waals surface area (Å²) in [4.78, 5) is 0. The number of nitrogens with one attached hydrogen (secondary N) is 2. The summed E-state index contributed by atoms with van der Waals surface area (Å²) in [6.07, 6.45) is 2.96. The van der Waals surface area contributed by atoms with E-state index in [9.17, 15) is 0 Å². The number of nitrogens with two attached hydrogens (primary N) is 1. The third kappa shape index (κ3) is 1.73. The third-order valence-corrected chi connectivity index (χ3v) is 3.79. The molecule has 1 aliphatic rings. The van der Waals surface area contributed by atoms with Gasteiger partial charge in [0.2, 0.25) is 0 Å². The summed E-state index contributed by atoms with van der Waals surface area (Å²) in [7, 11) is 0. The first-order valence-corrected chi connectivity index (χ1v) is 6.16. The highest BCUT2D eigenvalue weighted by atomic mass is 15.1. The fourth-order valence-electron chi connectivity index (χ4n) is 2.84. The van der Waals surface area contributed by atoms with E-state index in [0.29, 0.717) is 5.92 Å². The maximum atomic E-state index is 6.27. The lowest BCUT2D eigenvalue weighted by molar-refractivity contribution is 0.404. The van der Waals surface area contributed by atoms with Crippen molar-refractivity contribution in [2.75, 3.05) is 13.1 Å². The van der Waals surface area contributed by atoms with E-state index in [2.05, 4.69) is 34.6 Å². The molecule has 2 aromatic rings. The van der Waals surface area contributed by atoms with Crippen molar-refractivity contribution in [3.63, 3.8) is 0 Å². The van der Waals surface area contributed by atoms with Crippen LogP contribution in [0.1, 0.15) is 23.5 Å². The van der Waals surface area contributed by atoms with E-state index in [1.165, 1.54) is 16.5 Å². The van der Waals surface area contributed by atoms with E-state index < -0.39 is 0 Å². The zero-order valence-corrected chi connectivity index (χ0v) is 10.0. The molecule has 0 aliphatic carbocycles. The van der Waals surface area contributed by atoms with Gasteiger partial charge in [-0.3, -0.25) is 5.10 Å². The summed E-state index contributed by atoms with van der Waals surface area (Å²) in [5.74, 6) is 0.394. The first kappa shape index (κ1) is 10.7. The topological polar surface area (TPSA) is 66.7 Å². The molecule has 1 aliphatic heterocycles. The van der Waals surface area contributed by atoms with Crippen molar-refractivity contribution in [2.45, 2.75) is 25.3 Å². The van der Waals surface area contributed by atoms with Gasteiger partial charge in [-0.15, -0.1) is 0 Å². The maximum absolute atomic E-state index is 6.27. The minimum atomic E-state index is 0.246. The Labute approximate surface area is 101 Å². The highest BCUT2D eigenvalue weighted by Crippen LogP contribution is 2.31. The summed E-state index contributed by atoms with van der Waals surface area (Å²) in [6.45, 7) is 4.15. The Morgan fingerprint density at radius 3 is 3.12 bits per heavy atom. The molecule has 90 valence electrons. The van der Waals surface area contributed by atoms with Crippen molar-refractivity contribution in [2.24, 2.45) is 5.73 Å². The molecule has 0 radical (unpaired) electrons. The third-order valence-electron chi connectivity index (χ3n) is 3.79. The maximum Gasteiger partial charge on any atom is 0.0653 e. The Bertz CT molecular complexity index is 531. The van der Waals surface area contributed by atoms with E-state index in [4.69, 9.17) is 5.73 Å². The zero-order chi connectivity index (χ0) is 11.8. The Balaban J connectivity index is 2.14. The van der Waals surface area contributed by atoms with Crippen molar-refractivity contribution in [3.8, 4) is 0 Å². The predicted molar refractivity (Wildman–Crippen MR) is 69.0 cm³/mol. The molecule has 3 rings (SSSR count). The molecule has 0 bridgehead atoms. The van der Waals surface area contributed by atoms with E-state index in [1.807, 2.05) is 6.20 Å². The monoisotopic (exact) mass is 230 g/mol. The largest absolute Gasteiger partial charge is 0.327 e. The zero-order valence-electron chi connectivity index (χ0n) is 10.0. The van der Waals surface area contributed by atoms with Crippen LogP contribution in [0, 0.1) is 6.92 Å². The second kappa shape index (κ2) is 4.13. The molecule has 4 nitrogen and oxygen atoms in total. The van der Waals surface area contributed by atoms with E-state index in [1.54, 1.807) is 0 Å². The molecular weight excluding hydrogens is 212 g/mol. The van der Waals surface area contributed by atoms with Crippen molar-refractivity contribution in [3.05, 3.63) is 29.5 Å². The molecule has 4 heteroatoms. The number of benzene rings is 1. The molecule has 0 amide bonds. The molecule has 4 N–H and O–H groups in total. The first-order chi connectivity index (χ1) is 8.27. The highest BCUT2D eigenvalue weighted by molar-refractivity contribution is 5.83. The van der Waals surface area contributed by atoms with Crippen molar-refractivity contribution >= 4 is 10.9 Å². The van der Waals surface area contributed by atoms with Gasteiger partial charge < -0.3 is 11.1 Å². The van der Waals surface area contributed by atoms with E-state index in [-0.39, 0.29) is 6.04 Å². The standard InChI is InChI=1S/C13H18N4/c1-8-2-3-12-10(7-16-17-12)13(8)9-6-15-5-4-11(9)14/h2-3,7,9,11,15H,4-6,14H2,1H3,(H,16,17). The van der Waals surface area contributed by atoms with Gasteiger partial charge in [0, 0.05) is 23.9 Å². The molecule has 1 fully saturated rings. The van der Waals surface area contributed by atoms with Crippen molar-refractivity contribution < 1.29 is 0 Å². The van der Waals surface area contributed by atoms with Crippen molar-refractivity contribution in [1.29, 1.82) is 0 Å². The Morgan fingerprint density at radius 2 is 2.29 bits per heavy atom. The first-order valence-electron chi connectivity index (χ1n) is 6.16. The quantitative estimate of drug-likeness (QED) is 0.691. The molecular formula is C13H18N4. The number of hydrogen-bond acceptors (Lipinski definition) is 3. The van der Waals surface area contributed by atoms with E-state index >= 15 is 0 Å². The summed E-state index contributed by atoms with van der Waals surface area (Å²) in [5.41, 5.74) is 10.0. The van der Waals surface area contributed by atoms with Crippen LogP contribution >= 0.6 is 0 Å². The van der Waals surface area contributed by atoms with Gasteiger partial charge in [-0.25, -0.2) is 0 Å². The Hall–Kier alpha value is -1.39. The summed E-state index contributed by atoms with van der Waals surface area (Å²) >= 11 is 0. The predicted octanol–water partition coefficient (Wildman–Crippen LogP) is 1.28. The van der Waals surface area contributed by atoms with Gasteiger partial charge in [-0.1, -0.05) is 6.07 Å². The van der Waals surface area contributed by atoms with Crippen LogP contribution in [0.3, 0.4) is 0 Å². The van der Waals surface area contributed by atoms with Crippen LogP contribution in [-0.2, 0) is 0 Å². The number of hydrogen-bond donors (Lipinski definition) is 3. The normalized spacial score (nSPS) is 25.3. The summed E-state index contributed by atoms with van der Waals surface area (Å²) in [6, 6.07) is 4.48. The van der Waals surface area contributed by atoms with Gasteiger partial charge in [0.05, 0.1) is 11.7 Å². The number of aromatic nitrogens is 2. The number of aryl methyl sites for hydroxylation is 1. The highest BCUT2D eigenvalue weighted by Gasteiger charge is 2.26. The van der Waals surface area contributed by atoms with Crippen LogP contribution in [0.4, 0.5) is 0 Å². The van der Waals surface area contributed by atoms with Gasteiger partial charge in [-0.05, 0) is 37.1 Å². The molecule has 0 spiro atoms. The van der Waals surface area contributed by atoms with Gasteiger partial charge in [-0.2, -0.15) is 5.10 Å². The minimum absolute atomic E-state index is 0.246.